The Labute approximate surface area is 185 Å². The Bertz CT molecular complexity index is 1010. The fraction of sp³-hybridized carbons (Fsp3) is 0.348. The van der Waals surface area contributed by atoms with Crippen LogP contribution in [0.15, 0.2) is 47.4 Å². The van der Waals surface area contributed by atoms with E-state index in [2.05, 4.69) is 17.4 Å². The van der Waals surface area contributed by atoms with E-state index >= 15 is 0 Å². The minimum atomic E-state index is -0.824. The summed E-state index contributed by atoms with van der Waals surface area (Å²) in [5.41, 5.74) is 3.29. The molecule has 1 unspecified atom stereocenters. The smallest absolute Gasteiger partial charge is 0.316 e. The number of likely N-dealkylation sites (N-methyl/N-ethyl adjacent to an activating group) is 1. The topological polar surface area (TPSA) is 84.9 Å². The summed E-state index contributed by atoms with van der Waals surface area (Å²) >= 11 is 1.41. The van der Waals surface area contributed by atoms with Crippen molar-refractivity contribution in [2.24, 2.45) is 0 Å². The molecular weight excluding hydrogens is 416 g/mol. The molecule has 0 radical (unpaired) electrons. The van der Waals surface area contributed by atoms with Crippen LogP contribution in [0.4, 0.5) is 5.69 Å². The van der Waals surface area contributed by atoms with Crippen molar-refractivity contribution in [3.8, 4) is 5.75 Å². The van der Waals surface area contributed by atoms with Crippen molar-refractivity contribution >= 4 is 35.2 Å². The van der Waals surface area contributed by atoms with Gasteiger partial charge in [0, 0.05) is 11.9 Å². The minimum Gasteiger partial charge on any atom is -0.477 e. The molecule has 0 spiro atoms. The third-order valence-electron chi connectivity index (χ3n) is 5.40. The van der Waals surface area contributed by atoms with Gasteiger partial charge in [0.2, 0.25) is 0 Å². The number of hydrogen-bond donors (Lipinski definition) is 1. The molecule has 31 heavy (non-hydrogen) atoms. The lowest BCUT2D eigenvalue weighted by Gasteiger charge is -2.33. The molecule has 2 aliphatic rings. The Balaban J connectivity index is 1.33. The van der Waals surface area contributed by atoms with Gasteiger partial charge in [0.15, 0.2) is 12.7 Å². The van der Waals surface area contributed by atoms with E-state index in [0.717, 1.165) is 17.7 Å². The van der Waals surface area contributed by atoms with Crippen LogP contribution < -0.4 is 15.0 Å². The standard InChI is InChI=1S/C23H24N2O5S/c1-24-23(28)20-12-25(18-7-2-3-8-19(18)30-20)21(26)13-29-22(27)14-31-17-10-9-15-5-4-6-16(15)11-17/h2-3,7-11,20H,4-6,12-14H2,1H3,(H,24,28). The minimum absolute atomic E-state index is 0.0525. The van der Waals surface area contributed by atoms with Crippen molar-refractivity contribution in [2.75, 3.05) is 30.9 Å². The van der Waals surface area contributed by atoms with Gasteiger partial charge in [0.05, 0.1) is 18.0 Å². The summed E-state index contributed by atoms with van der Waals surface area (Å²) in [6.45, 7) is -0.338. The highest BCUT2D eigenvalue weighted by atomic mass is 32.2. The summed E-state index contributed by atoms with van der Waals surface area (Å²) in [4.78, 5) is 39.5. The predicted molar refractivity (Wildman–Crippen MR) is 117 cm³/mol. The van der Waals surface area contributed by atoms with E-state index in [1.165, 1.54) is 41.3 Å². The average Bonchev–Trinajstić information content (AvgIpc) is 3.27. The number of nitrogens with zero attached hydrogens (tertiary/aromatic N) is 1. The zero-order chi connectivity index (χ0) is 21.8. The van der Waals surface area contributed by atoms with Crippen LogP contribution in [0.25, 0.3) is 0 Å². The summed E-state index contributed by atoms with van der Waals surface area (Å²) < 4.78 is 10.9. The molecule has 2 aromatic carbocycles. The number of carbonyl (C=O) groups is 3. The summed E-state index contributed by atoms with van der Waals surface area (Å²) in [6, 6.07) is 13.3. The molecule has 0 bridgehead atoms. The highest BCUT2D eigenvalue weighted by Gasteiger charge is 2.33. The van der Waals surface area contributed by atoms with Gasteiger partial charge in [-0.3, -0.25) is 14.4 Å². The molecule has 1 aliphatic carbocycles. The molecule has 162 valence electrons. The van der Waals surface area contributed by atoms with Gasteiger partial charge in [-0.2, -0.15) is 0 Å². The fourth-order valence-electron chi connectivity index (χ4n) is 3.81. The first-order valence-corrected chi connectivity index (χ1v) is 11.2. The van der Waals surface area contributed by atoms with Gasteiger partial charge in [-0.15, -0.1) is 11.8 Å². The van der Waals surface area contributed by atoms with Crippen molar-refractivity contribution < 1.29 is 23.9 Å². The summed E-state index contributed by atoms with van der Waals surface area (Å²) in [5.74, 6) is -0.611. The van der Waals surface area contributed by atoms with Gasteiger partial charge < -0.3 is 19.7 Å². The third kappa shape index (κ3) is 4.85. The maximum absolute atomic E-state index is 12.8. The first-order valence-electron chi connectivity index (χ1n) is 10.2. The van der Waals surface area contributed by atoms with Crippen LogP contribution >= 0.6 is 11.8 Å². The van der Waals surface area contributed by atoms with Crippen LogP contribution in [-0.2, 0) is 32.0 Å². The van der Waals surface area contributed by atoms with Crippen LogP contribution in [0.5, 0.6) is 5.75 Å². The van der Waals surface area contributed by atoms with E-state index in [-0.39, 0.29) is 18.2 Å². The Morgan fingerprint density at radius 1 is 1.16 bits per heavy atom. The van der Waals surface area contributed by atoms with Crippen molar-refractivity contribution in [3.63, 3.8) is 0 Å². The summed E-state index contributed by atoms with van der Waals surface area (Å²) in [5, 5.41) is 2.53. The summed E-state index contributed by atoms with van der Waals surface area (Å²) in [7, 11) is 1.51. The SMILES string of the molecule is CNC(=O)C1CN(C(=O)COC(=O)CSc2ccc3c(c2)CCC3)c2ccccc2O1. The molecule has 0 saturated heterocycles. The van der Waals surface area contributed by atoms with Crippen molar-refractivity contribution in [1.29, 1.82) is 0 Å². The Hall–Kier alpha value is -3.00. The first kappa shape index (κ1) is 21.2. The number of fused-ring (bicyclic) bond motifs is 2. The van der Waals surface area contributed by atoms with E-state index in [4.69, 9.17) is 9.47 Å². The van der Waals surface area contributed by atoms with Crippen LogP contribution in [0.3, 0.4) is 0 Å². The second-order valence-corrected chi connectivity index (χ2v) is 8.47. The molecule has 1 N–H and O–H groups in total. The second kappa shape index (κ2) is 9.43. The largest absolute Gasteiger partial charge is 0.477 e. The van der Waals surface area contributed by atoms with Gasteiger partial charge in [0.25, 0.3) is 11.8 Å². The molecule has 0 aromatic heterocycles. The van der Waals surface area contributed by atoms with Gasteiger partial charge in [-0.1, -0.05) is 18.2 Å². The number of para-hydroxylation sites is 2. The lowest BCUT2D eigenvalue weighted by molar-refractivity contribution is -0.145. The molecular formula is C23H24N2O5S. The van der Waals surface area contributed by atoms with E-state index in [0.29, 0.717) is 11.4 Å². The zero-order valence-corrected chi connectivity index (χ0v) is 18.1. The van der Waals surface area contributed by atoms with Crippen molar-refractivity contribution in [1.82, 2.24) is 5.32 Å². The number of hydrogen-bond acceptors (Lipinski definition) is 6. The van der Waals surface area contributed by atoms with E-state index in [1.54, 1.807) is 24.3 Å². The first-order chi connectivity index (χ1) is 15.0. The normalized spacial score (nSPS) is 16.7. The molecule has 1 heterocycles. The van der Waals surface area contributed by atoms with Crippen LogP contribution in [0.1, 0.15) is 17.5 Å². The number of benzene rings is 2. The van der Waals surface area contributed by atoms with Crippen molar-refractivity contribution in [3.05, 3.63) is 53.6 Å². The molecule has 0 saturated carbocycles. The van der Waals surface area contributed by atoms with Gasteiger partial charge in [-0.25, -0.2) is 0 Å². The van der Waals surface area contributed by atoms with Gasteiger partial charge in [0.1, 0.15) is 5.75 Å². The van der Waals surface area contributed by atoms with Crippen LogP contribution in [0.2, 0.25) is 0 Å². The molecule has 2 aromatic rings. The predicted octanol–water partition coefficient (Wildman–Crippen LogP) is 2.35. The number of ether oxygens (including phenoxy) is 2. The van der Waals surface area contributed by atoms with Gasteiger partial charge >= 0.3 is 5.97 Å². The maximum atomic E-state index is 12.8. The Kier molecular flexibility index (Phi) is 6.46. The Morgan fingerprint density at radius 3 is 2.81 bits per heavy atom. The lowest BCUT2D eigenvalue weighted by atomic mass is 10.1. The van der Waals surface area contributed by atoms with Gasteiger partial charge in [-0.05, 0) is 54.7 Å². The monoisotopic (exact) mass is 440 g/mol. The van der Waals surface area contributed by atoms with Crippen molar-refractivity contribution in [2.45, 2.75) is 30.3 Å². The quantitative estimate of drug-likeness (QED) is 0.548. The number of carbonyl (C=O) groups excluding carboxylic acids is 3. The van der Waals surface area contributed by atoms with E-state index in [1.807, 2.05) is 6.07 Å². The third-order valence-corrected chi connectivity index (χ3v) is 6.36. The number of rotatable bonds is 6. The van der Waals surface area contributed by atoms with Crippen LogP contribution in [0, 0.1) is 0 Å². The van der Waals surface area contributed by atoms with E-state index < -0.39 is 24.6 Å². The lowest BCUT2D eigenvalue weighted by Crippen LogP contribution is -2.51. The number of anilines is 1. The Morgan fingerprint density at radius 2 is 1.97 bits per heavy atom. The maximum Gasteiger partial charge on any atom is 0.316 e. The molecule has 2 amide bonds. The zero-order valence-electron chi connectivity index (χ0n) is 17.3. The molecule has 0 fully saturated rings. The summed E-state index contributed by atoms with van der Waals surface area (Å²) in [6.07, 6.45) is 2.56. The molecule has 4 rings (SSSR count). The number of aryl methyl sites for hydroxylation is 2. The molecule has 1 aliphatic heterocycles. The number of thioether (sulfide) groups is 1. The molecule has 7 nitrogen and oxygen atoms in total. The highest BCUT2D eigenvalue weighted by Crippen LogP contribution is 2.33. The molecule has 8 heteroatoms. The average molecular weight is 441 g/mol. The number of esters is 1. The second-order valence-electron chi connectivity index (χ2n) is 7.43. The number of nitrogens with one attached hydrogen (secondary N) is 1. The van der Waals surface area contributed by atoms with E-state index in [9.17, 15) is 14.4 Å². The number of amides is 2. The highest BCUT2D eigenvalue weighted by molar-refractivity contribution is 8.00. The fourth-order valence-corrected chi connectivity index (χ4v) is 4.57. The molecule has 1 atom stereocenters. The van der Waals surface area contributed by atoms with Crippen LogP contribution in [-0.4, -0.2) is 49.8 Å².